The number of sulfonamides is 1. The molecule has 1 aliphatic rings. The Morgan fingerprint density at radius 2 is 1.82 bits per heavy atom. The number of nitrogens with one attached hydrogen (secondary N) is 1. The quantitative estimate of drug-likeness (QED) is 0.506. The molecule has 0 saturated carbocycles. The fourth-order valence-electron chi connectivity index (χ4n) is 3.28. The number of carbonyl (C=O) groups is 1. The molecule has 9 nitrogen and oxygen atoms in total. The topological polar surface area (TPSA) is 106 Å². The summed E-state index contributed by atoms with van der Waals surface area (Å²) in [5.41, 5.74) is 0.808. The number of hydrogen-bond acceptors (Lipinski definition) is 7. The number of anilines is 1. The van der Waals surface area contributed by atoms with E-state index >= 15 is 0 Å². The molecule has 1 fully saturated rings. The van der Waals surface area contributed by atoms with Gasteiger partial charge >= 0.3 is 0 Å². The van der Waals surface area contributed by atoms with Gasteiger partial charge in [-0.25, -0.2) is 12.8 Å². The zero-order valence-corrected chi connectivity index (χ0v) is 19.4. The van der Waals surface area contributed by atoms with Gasteiger partial charge in [-0.3, -0.25) is 4.79 Å². The highest BCUT2D eigenvalue weighted by atomic mass is 32.2. The van der Waals surface area contributed by atoms with E-state index in [0.29, 0.717) is 42.8 Å². The van der Waals surface area contributed by atoms with Gasteiger partial charge in [0.15, 0.2) is 11.0 Å². The van der Waals surface area contributed by atoms with Crippen molar-refractivity contribution in [1.29, 1.82) is 0 Å². The fourth-order valence-corrected chi connectivity index (χ4v) is 5.40. The SMILES string of the molecule is Cn1c(SCC(=O)Nc2ccccc2F)nnc1-c1ccc(S(=O)(=O)N2CCOCC2)cc1. The molecular formula is C21H22FN5O4S2. The van der Waals surface area contributed by atoms with Gasteiger partial charge in [0.1, 0.15) is 5.82 Å². The van der Waals surface area contributed by atoms with Crippen molar-refractivity contribution in [2.24, 2.45) is 7.05 Å². The molecule has 0 unspecified atom stereocenters. The molecular weight excluding hydrogens is 469 g/mol. The molecule has 2 heterocycles. The van der Waals surface area contributed by atoms with Crippen molar-refractivity contribution in [1.82, 2.24) is 19.1 Å². The molecule has 1 saturated heterocycles. The third kappa shape index (κ3) is 5.24. The van der Waals surface area contributed by atoms with Gasteiger partial charge in [0, 0.05) is 25.7 Å². The third-order valence-electron chi connectivity index (χ3n) is 5.04. The lowest BCUT2D eigenvalue weighted by Gasteiger charge is -2.26. The van der Waals surface area contributed by atoms with Crippen molar-refractivity contribution >= 4 is 33.4 Å². The maximum absolute atomic E-state index is 13.7. The van der Waals surface area contributed by atoms with E-state index in [4.69, 9.17) is 4.74 Å². The number of aromatic nitrogens is 3. The Hall–Kier alpha value is -2.80. The summed E-state index contributed by atoms with van der Waals surface area (Å²) in [6.45, 7) is 1.43. The molecule has 4 rings (SSSR count). The monoisotopic (exact) mass is 491 g/mol. The van der Waals surface area contributed by atoms with Crippen LogP contribution >= 0.6 is 11.8 Å². The van der Waals surface area contributed by atoms with Gasteiger partial charge in [-0.05, 0) is 36.4 Å². The van der Waals surface area contributed by atoms with Crippen molar-refractivity contribution in [2.75, 3.05) is 37.4 Å². The molecule has 1 aliphatic heterocycles. The number of thioether (sulfide) groups is 1. The summed E-state index contributed by atoms with van der Waals surface area (Å²) < 4.78 is 47.6. The smallest absolute Gasteiger partial charge is 0.243 e. The van der Waals surface area contributed by atoms with Crippen LogP contribution in [0.4, 0.5) is 10.1 Å². The second kappa shape index (κ2) is 10.00. The van der Waals surface area contributed by atoms with Gasteiger partial charge in [-0.2, -0.15) is 4.31 Å². The number of halogens is 1. The van der Waals surface area contributed by atoms with E-state index in [1.165, 1.54) is 16.4 Å². The van der Waals surface area contributed by atoms with Crippen molar-refractivity contribution in [3.63, 3.8) is 0 Å². The number of benzene rings is 2. The fraction of sp³-hybridized carbons (Fsp3) is 0.286. The van der Waals surface area contributed by atoms with Crippen LogP contribution in [0.25, 0.3) is 11.4 Å². The van der Waals surface area contributed by atoms with Crippen molar-refractivity contribution in [3.05, 3.63) is 54.3 Å². The molecule has 0 spiro atoms. The van der Waals surface area contributed by atoms with E-state index < -0.39 is 15.8 Å². The first-order valence-electron chi connectivity index (χ1n) is 10.1. The van der Waals surface area contributed by atoms with Crippen LogP contribution in [0.5, 0.6) is 0 Å². The molecule has 2 aromatic carbocycles. The number of para-hydroxylation sites is 1. The van der Waals surface area contributed by atoms with Gasteiger partial charge in [0.05, 0.1) is 29.5 Å². The molecule has 1 amide bonds. The third-order valence-corrected chi connectivity index (χ3v) is 7.97. The minimum absolute atomic E-state index is 0.0248. The van der Waals surface area contributed by atoms with Gasteiger partial charge in [0.2, 0.25) is 15.9 Å². The van der Waals surface area contributed by atoms with Crippen LogP contribution in [-0.2, 0) is 26.6 Å². The van der Waals surface area contributed by atoms with Gasteiger partial charge in [-0.15, -0.1) is 10.2 Å². The van der Waals surface area contributed by atoms with E-state index in [1.807, 2.05) is 0 Å². The number of ether oxygens (including phenoxy) is 1. The van der Waals surface area contributed by atoms with Crippen molar-refractivity contribution in [3.8, 4) is 11.4 Å². The summed E-state index contributed by atoms with van der Waals surface area (Å²) in [7, 11) is -1.82. The normalized spacial score (nSPS) is 14.8. The number of carbonyl (C=O) groups excluding carboxylic acids is 1. The second-order valence-corrected chi connectivity index (χ2v) is 10.1. The average molecular weight is 492 g/mol. The van der Waals surface area contributed by atoms with Gasteiger partial charge in [0.25, 0.3) is 0 Å². The molecule has 0 aliphatic carbocycles. The molecule has 0 atom stereocenters. The number of nitrogens with zero attached hydrogens (tertiary/aromatic N) is 4. The molecule has 174 valence electrons. The van der Waals surface area contributed by atoms with Crippen LogP contribution in [0.1, 0.15) is 0 Å². The summed E-state index contributed by atoms with van der Waals surface area (Å²) in [6, 6.07) is 12.4. The molecule has 12 heteroatoms. The number of rotatable bonds is 7. The lowest BCUT2D eigenvalue weighted by atomic mass is 10.2. The minimum Gasteiger partial charge on any atom is -0.379 e. The summed E-state index contributed by atoms with van der Waals surface area (Å²) >= 11 is 1.16. The molecule has 3 aromatic rings. The van der Waals surface area contributed by atoms with E-state index in [0.717, 1.165) is 11.8 Å². The van der Waals surface area contributed by atoms with Crippen LogP contribution in [0.3, 0.4) is 0 Å². The maximum Gasteiger partial charge on any atom is 0.243 e. The summed E-state index contributed by atoms with van der Waals surface area (Å²) in [6.07, 6.45) is 0. The zero-order chi connectivity index (χ0) is 23.4. The molecule has 33 heavy (non-hydrogen) atoms. The first-order valence-corrected chi connectivity index (χ1v) is 12.5. The van der Waals surface area contributed by atoms with Crippen LogP contribution in [-0.4, -0.2) is 65.5 Å². The predicted molar refractivity (Wildman–Crippen MR) is 122 cm³/mol. The highest BCUT2D eigenvalue weighted by molar-refractivity contribution is 7.99. The number of amides is 1. The Labute approximate surface area is 195 Å². The number of hydrogen-bond donors (Lipinski definition) is 1. The van der Waals surface area contributed by atoms with Crippen molar-refractivity contribution in [2.45, 2.75) is 10.1 Å². The van der Waals surface area contributed by atoms with Crippen LogP contribution in [0.15, 0.2) is 58.6 Å². The first kappa shape index (κ1) is 23.4. The average Bonchev–Trinajstić information content (AvgIpc) is 3.20. The molecule has 1 N–H and O–H groups in total. The summed E-state index contributed by atoms with van der Waals surface area (Å²) in [5, 5.41) is 11.3. The van der Waals surface area contributed by atoms with Crippen LogP contribution in [0.2, 0.25) is 0 Å². The Morgan fingerprint density at radius 1 is 1.12 bits per heavy atom. The number of morpholine rings is 1. The highest BCUT2D eigenvalue weighted by Gasteiger charge is 2.26. The second-order valence-electron chi connectivity index (χ2n) is 7.22. The highest BCUT2D eigenvalue weighted by Crippen LogP contribution is 2.25. The molecule has 0 radical (unpaired) electrons. The summed E-state index contributed by atoms with van der Waals surface area (Å²) in [4.78, 5) is 12.4. The largest absolute Gasteiger partial charge is 0.379 e. The Morgan fingerprint density at radius 3 is 2.52 bits per heavy atom. The van der Waals surface area contributed by atoms with E-state index in [2.05, 4.69) is 15.5 Å². The Kier molecular flexibility index (Phi) is 7.08. The van der Waals surface area contributed by atoms with E-state index in [1.54, 1.807) is 48.0 Å². The van der Waals surface area contributed by atoms with E-state index in [9.17, 15) is 17.6 Å². The van der Waals surface area contributed by atoms with Crippen LogP contribution in [0, 0.1) is 5.82 Å². The zero-order valence-electron chi connectivity index (χ0n) is 17.8. The van der Waals surface area contributed by atoms with E-state index in [-0.39, 0.29) is 22.2 Å². The van der Waals surface area contributed by atoms with Gasteiger partial charge < -0.3 is 14.6 Å². The summed E-state index contributed by atoms with van der Waals surface area (Å²) in [5.74, 6) is -0.317. The first-order chi connectivity index (χ1) is 15.9. The Balaban J connectivity index is 1.42. The lowest BCUT2D eigenvalue weighted by Crippen LogP contribution is -2.40. The minimum atomic E-state index is -3.58. The lowest BCUT2D eigenvalue weighted by molar-refractivity contribution is -0.113. The van der Waals surface area contributed by atoms with Crippen LogP contribution < -0.4 is 5.32 Å². The molecule has 1 aromatic heterocycles. The standard InChI is InChI=1S/C21H22FN5O4S2/c1-26-20(15-6-8-16(9-7-15)33(29,30)27-10-12-31-13-11-27)24-25-21(26)32-14-19(28)23-18-5-3-2-4-17(18)22/h2-9H,10-14H2,1H3,(H,23,28). The Bertz CT molecular complexity index is 1240. The predicted octanol–water partition coefficient (Wildman–Crippen LogP) is 2.37. The molecule has 0 bridgehead atoms. The van der Waals surface area contributed by atoms with Crippen molar-refractivity contribution < 1.29 is 22.3 Å². The maximum atomic E-state index is 13.7. The van der Waals surface area contributed by atoms with Gasteiger partial charge in [-0.1, -0.05) is 23.9 Å².